The number of hydrogen-bond donors (Lipinski definition) is 2. The zero-order chi connectivity index (χ0) is 26.0. The second-order valence-electron chi connectivity index (χ2n) is 8.52. The van der Waals surface area contributed by atoms with Gasteiger partial charge in [-0.05, 0) is 77.9 Å². The summed E-state index contributed by atoms with van der Waals surface area (Å²) in [6, 6.07) is 33.8. The van der Waals surface area contributed by atoms with Gasteiger partial charge in [0.05, 0.1) is 0 Å². The number of thioether (sulfide) groups is 2. The lowest BCUT2D eigenvalue weighted by atomic mass is 10.0. The molecule has 0 amide bonds. The molecule has 37 heavy (non-hydrogen) atoms. The van der Waals surface area contributed by atoms with E-state index < -0.39 is 0 Å². The first-order valence-corrected chi connectivity index (χ1v) is 14.8. The molecule has 0 saturated heterocycles. The highest BCUT2D eigenvalue weighted by molar-refractivity contribution is 8.23. The number of thiocarbonyl (C=S) groups is 2. The van der Waals surface area contributed by atoms with Crippen LogP contribution < -0.4 is 10.6 Å². The van der Waals surface area contributed by atoms with E-state index in [2.05, 4.69) is 122 Å². The zero-order valence-corrected chi connectivity index (χ0v) is 24.3. The van der Waals surface area contributed by atoms with Gasteiger partial charge in [0.25, 0.3) is 0 Å². The highest BCUT2D eigenvalue weighted by Gasteiger charge is 2.07. The van der Waals surface area contributed by atoms with Gasteiger partial charge in [-0.1, -0.05) is 122 Å². The molecule has 0 aliphatic rings. The molecular weight excluding hydrogens is 529 g/mol. The third kappa shape index (κ3) is 8.17. The van der Waals surface area contributed by atoms with Gasteiger partial charge in [0.2, 0.25) is 0 Å². The molecule has 2 N–H and O–H groups in total. The number of nitrogens with one attached hydrogen (secondary N) is 2. The first-order valence-electron chi connectivity index (χ1n) is 12.4. The Morgan fingerprint density at radius 1 is 0.568 bits per heavy atom. The Balaban J connectivity index is 1.28. The van der Waals surface area contributed by atoms with Crippen LogP contribution in [0.5, 0.6) is 0 Å². The summed E-state index contributed by atoms with van der Waals surface area (Å²) in [6.07, 6.45) is 2.86. The van der Waals surface area contributed by atoms with Gasteiger partial charge in [0.1, 0.15) is 8.64 Å². The van der Waals surface area contributed by atoms with Gasteiger partial charge < -0.3 is 10.6 Å². The Labute approximate surface area is 239 Å². The normalized spacial score (nSPS) is 10.6. The van der Waals surface area contributed by atoms with E-state index in [4.69, 9.17) is 24.4 Å². The van der Waals surface area contributed by atoms with Crippen LogP contribution in [0.25, 0.3) is 0 Å². The van der Waals surface area contributed by atoms with Gasteiger partial charge >= 0.3 is 0 Å². The summed E-state index contributed by atoms with van der Waals surface area (Å²) in [5.41, 5.74) is 7.15. The standard InChI is InChI=1S/C31H30N2S4/c1-3-24-9-5-7-11-28(24)36-30(34)32-26-17-13-22(14-18-26)21-23-15-19-27(20-16-23)33-31(35)37-29-12-8-6-10-25(29)4-2/h5-20H,3-4,21H2,1-2H3,(H,32,34)(H,33,35). The van der Waals surface area contributed by atoms with Gasteiger partial charge in [-0.2, -0.15) is 0 Å². The van der Waals surface area contributed by atoms with Crippen LogP contribution in [0.2, 0.25) is 0 Å². The van der Waals surface area contributed by atoms with Gasteiger partial charge in [-0.15, -0.1) is 0 Å². The van der Waals surface area contributed by atoms with Gasteiger partial charge in [0, 0.05) is 21.2 Å². The summed E-state index contributed by atoms with van der Waals surface area (Å²) in [4.78, 5) is 2.42. The molecule has 0 aliphatic carbocycles. The molecule has 0 saturated carbocycles. The maximum Gasteiger partial charge on any atom is 0.143 e. The van der Waals surface area contributed by atoms with E-state index in [1.54, 1.807) is 23.5 Å². The summed E-state index contributed by atoms with van der Waals surface area (Å²) in [6.45, 7) is 4.33. The van der Waals surface area contributed by atoms with E-state index in [1.165, 1.54) is 32.0 Å². The van der Waals surface area contributed by atoms with E-state index in [0.29, 0.717) is 0 Å². The van der Waals surface area contributed by atoms with Crippen molar-refractivity contribution in [3.8, 4) is 0 Å². The fourth-order valence-corrected chi connectivity index (χ4v) is 6.42. The average Bonchev–Trinajstić information content (AvgIpc) is 2.91. The van der Waals surface area contributed by atoms with Gasteiger partial charge in [-0.25, -0.2) is 0 Å². The van der Waals surface area contributed by atoms with Crippen molar-refractivity contribution in [3.05, 3.63) is 119 Å². The number of hydrogen-bond acceptors (Lipinski definition) is 4. The van der Waals surface area contributed by atoms with Crippen molar-refractivity contribution < 1.29 is 0 Å². The largest absolute Gasteiger partial charge is 0.341 e. The molecule has 4 rings (SSSR count). The predicted molar refractivity (Wildman–Crippen MR) is 171 cm³/mol. The summed E-state index contributed by atoms with van der Waals surface area (Å²) in [5, 5.41) is 6.71. The van der Waals surface area contributed by atoms with Crippen LogP contribution in [-0.4, -0.2) is 8.64 Å². The number of rotatable bonds is 8. The summed E-state index contributed by atoms with van der Waals surface area (Å²) >= 11 is 14.4. The number of anilines is 2. The molecule has 188 valence electrons. The third-order valence-corrected chi connectivity index (χ3v) is 8.44. The summed E-state index contributed by atoms with van der Waals surface area (Å²) < 4.78 is 1.51. The SMILES string of the molecule is CCc1ccccc1SC(=S)Nc1ccc(Cc2ccc(NC(=S)Sc3ccccc3CC)cc2)cc1. The van der Waals surface area contributed by atoms with Gasteiger partial charge in [-0.3, -0.25) is 0 Å². The molecule has 0 unspecified atom stereocenters. The molecule has 0 radical (unpaired) electrons. The molecule has 0 fully saturated rings. The second-order valence-corrected chi connectivity index (χ2v) is 12.0. The summed E-state index contributed by atoms with van der Waals surface area (Å²) in [7, 11) is 0. The van der Waals surface area contributed by atoms with Crippen LogP contribution in [0.3, 0.4) is 0 Å². The number of benzene rings is 4. The van der Waals surface area contributed by atoms with Crippen LogP contribution in [-0.2, 0) is 19.3 Å². The fourth-order valence-electron chi connectivity index (χ4n) is 3.92. The van der Waals surface area contributed by atoms with E-state index >= 15 is 0 Å². The van der Waals surface area contributed by atoms with Crippen LogP contribution in [0.1, 0.15) is 36.1 Å². The minimum absolute atomic E-state index is 0.756. The smallest absolute Gasteiger partial charge is 0.143 e. The molecule has 0 aliphatic heterocycles. The van der Waals surface area contributed by atoms with Crippen molar-refractivity contribution in [2.45, 2.75) is 42.9 Å². The molecule has 4 aromatic carbocycles. The van der Waals surface area contributed by atoms with Gasteiger partial charge in [0.15, 0.2) is 0 Å². The molecule has 0 spiro atoms. The van der Waals surface area contributed by atoms with Crippen molar-refractivity contribution in [2.75, 3.05) is 10.6 Å². The molecule has 0 heterocycles. The third-order valence-electron chi connectivity index (χ3n) is 5.92. The minimum atomic E-state index is 0.756. The first kappa shape index (κ1) is 27.4. The fraction of sp³-hybridized carbons (Fsp3) is 0.161. The Bertz CT molecular complexity index is 1240. The van der Waals surface area contributed by atoms with Crippen LogP contribution in [0.4, 0.5) is 11.4 Å². The van der Waals surface area contributed by atoms with E-state index in [0.717, 1.165) is 39.3 Å². The van der Waals surface area contributed by atoms with Crippen molar-refractivity contribution in [1.82, 2.24) is 0 Å². The first-order chi connectivity index (χ1) is 18.0. The van der Waals surface area contributed by atoms with Crippen LogP contribution in [0.15, 0.2) is 107 Å². The minimum Gasteiger partial charge on any atom is -0.341 e. The maximum atomic E-state index is 5.59. The Hall–Kier alpha value is -2.64. The lowest BCUT2D eigenvalue weighted by Crippen LogP contribution is -2.05. The monoisotopic (exact) mass is 558 g/mol. The predicted octanol–water partition coefficient (Wildman–Crippen LogP) is 9.38. The van der Waals surface area contributed by atoms with Crippen molar-refractivity contribution in [1.29, 1.82) is 0 Å². The highest BCUT2D eigenvalue weighted by atomic mass is 32.2. The Kier molecular flexibility index (Phi) is 10.2. The average molecular weight is 559 g/mol. The Morgan fingerprint density at radius 3 is 1.32 bits per heavy atom. The molecule has 2 nitrogen and oxygen atoms in total. The molecule has 0 bridgehead atoms. The van der Waals surface area contributed by atoms with E-state index in [1.807, 2.05) is 0 Å². The molecule has 0 aromatic heterocycles. The maximum absolute atomic E-state index is 5.59. The molecule has 4 aromatic rings. The van der Waals surface area contributed by atoms with E-state index in [-0.39, 0.29) is 0 Å². The van der Waals surface area contributed by atoms with E-state index in [9.17, 15) is 0 Å². The topological polar surface area (TPSA) is 24.1 Å². The van der Waals surface area contributed by atoms with Crippen molar-refractivity contribution in [2.24, 2.45) is 0 Å². The molecular formula is C31H30N2S4. The van der Waals surface area contributed by atoms with Crippen molar-refractivity contribution in [3.63, 3.8) is 0 Å². The van der Waals surface area contributed by atoms with Crippen LogP contribution in [0, 0.1) is 0 Å². The molecule has 0 atom stereocenters. The molecule has 6 heteroatoms. The van der Waals surface area contributed by atoms with Crippen LogP contribution >= 0.6 is 48.0 Å². The number of aryl methyl sites for hydroxylation is 2. The summed E-state index contributed by atoms with van der Waals surface area (Å²) in [5.74, 6) is 0. The zero-order valence-electron chi connectivity index (χ0n) is 21.0. The highest BCUT2D eigenvalue weighted by Crippen LogP contribution is 2.27. The lowest BCUT2D eigenvalue weighted by Gasteiger charge is -2.12. The quantitative estimate of drug-likeness (QED) is 0.165. The lowest BCUT2D eigenvalue weighted by molar-refractivity contribution is 1.08. The van der Waals surface area contributed by atoms with Crippen molar-refractivity contribution >= 4 is 68.0 Å². The Morgan fingerprint density at radius 2 is 0.946 bits per heavy atom. The second kappa shape index (κ2) is 13.8.